The minimum absolute atomic E-state index is 0.428. The van der Waals surface area contributed by atoms with Gasteiger partial charge in [0.1, 0.15) is 12.2 Å². The van der Waals surface area contributed by atoms with Crippen LogP contribution in [0.2, 0.25) is 0 Å². The molecule has 4 atom stereocenters. The van der Waals surface area contributed by atoms with E-state index in [9.17, 15) is 0 Å². The highest BCUT2D eigenvalue weighted by molar-refractivity contribution is 4.98. The summed E-state index contributed by atoms with van der Waals surface area (Å²) in [5, 5.41) is 0. The predicted octanol–water partition coefficient (Wildman–Crippen LogP) is 2.45. The number of hydrogen-bond donors (Lipinski definition) is 0. The summed E-state index contributed by atoms with van der Waals surface area (Å²) >= 11 is 0. The molecule has 0 bridgehead atoms. The fraction of sp³-hybridized carbons (Fsp3) is 0.429. The van der Waals surface area contributed by atoms with Crippen molar-refractivity contribution >= 4 is 0 Å². The Morgan fingerprint density at radius 1 is 0.667 bits per heavy atom. The molecule has 0 aliphatic heterocycles. The summed E-state index contributed by atoms with van der Waals surface area (Å²) in [6.45, 7) is 14.6. The molecule has 0 aromatic heterocycles. The maximum Gasteiger partial charge on any atom is 0.177 e. The van der Waals surface area contributed by atoms with Gasteiger partial charge in [-0.25, -0.2) is 0 Å². The third-order valence-corrected chi connectivity index (χ3v) is 2.22. The lowest BCUT2D eigenvalue weighted by Crippen LogP contribution is -2.35. The van der Waals surface area contributed by atoms with Crippen LogP contribution in [0.5, 0.6) is 0 Å². The summed E-state index contributed by atoms with van der Waals surface area (Å²) in [5.74, 6) is 0. The van der Waals surface area contributed by atoms with Gasteiger partial charge in [0.05, 0.1) is 0 Å². The molecule has 0 radical (unpaired) electrons. The average Bonchev–Trinajstić information content (AvgIpc) is 2.43. The van der Waals surface area contributed by atoms with Gasteiger partial charge >= 0.3 is 0 Å². The van der Waals surface area contributed by atoms with Gasteiger partial charge in [0.2, 0.25) is 0 Å². The molecular formula is C14H22O4. The first-order valence-corrected chi connectivity index (χ1v) is 5.53. The molecule has 0 spiro atoms. The zero-order valence-electron chi connectivity index (χ0n) is 11.1. The molecular weight excluding hydrogens is 232 g/mol. The Bertz CT molecular complexity index is 247. The minimum Gasteiger partial charge on any atom is -0.352 e. The summed E-state index contributed by atoms with van der Waals surface area (Å²) in [4.78, 5) is 0. The van der Waals surface area contributed by atoms with Gasteiger partial charge in [0, 0.05) is 14.2 Å². The molecule has 0 N–H and O–H groups in total. The Morgan fingerprint density at radius 3 is 1.17 bits per heavy atom. The Labute approximate surface area is 109 Å². The molecule has 0 saturated heterocycles. The van der Waals surface area contributed by atoms with Crippen molar-refractivity contribution in [3.05, 3.63) is 50.6 Å². The first-order chi connectivity index (χ1) is 8.66. The van der Waals surface area contributed by atoms with Crippen molar-refractivity contribution < 1.29 is 18.9 Å². The summed E-state index contributed by atoms with van der Waals surface area (Å²) in [5.41, 5.74) is 0. The van der Waals surface area contributed by atoms with Crippen LogP contribution in [0.25, 0.3) is 0 Å². The quantitative estimate of drug-likeness (QED) is 0.419. The fourth-order valence-corrected chi connectivity index (χ4v) is 1.26. The van der Waals surface area contributed by atoms with Gasteiger partial charge < -0.3 is 18.9 Å². The summed E-state index contributed by atoms with van der Waals surface area (Å²) in [6.07, 6.45) is 4.37. The van der Waals surface area contributed by atoms with E-state index in [4.69, 9.17) is 18.9 Å². The van der Waals surface area contributed by atoms with E-state index in [1.165, 1.54) is 26.4 Å². The van der Waals surface area contributed by atoms with E-state index in [0.717, 1.165) is 0 Å². The lowest BCUT2D eigenvalue weighted by molar-refractivity contribution is -0.177. The van der Waals surface area contributed by atoms with Gasteiger partial charge in [-0.15, -0.1) is 13.2 Å². The van der Waals surface area contributed by atoms with Gasteiger partial charge in [-0.2, -0.15) is 0 Å². The molecule has 0 aliphatic carbocycles. The Balaban J connectivity index is 4.65. The number of rotatable bonds is 11. The topological polar surface area (TPSA) is 36.9 Å². The van der Waals surface area contributed by atoms with Gasteiger partial charge in [0.15, 0.2) is 12.6 Å². The highest BCUT2D eigenvalue weighted by Gasteiger charge is 2.22. The monoisotopic (exact) mass is 254 g/mol. The molecule has 0 rings (SSSR count). The normalized spacial score (nSPS) is 17.2. The van der Waals surface area contributed by atoms with E-state index in [-0.39, 0.29) is 0 Å². The highest BCUT2D eigenvalue weighted by Crippen LogP contribution is 2.13. The van der Waals surface area contributed by atoms with E-state index in [1.54, 1.807) is 12.2 Å². The third kappa shape index (κ3) is 5.42. The molecule has 0 aromatic carbocycles. The Hall–Kier alpha value is -1.20. The van der Waals surface area contributed by atoms with E-state index >= 15 is 0 Å². The standard InChI is InChI=1S/C14H22O4/c1-7-11(17-13(9-3)15-5)12(8-2)18-14(10-4)16-6/h7-14H,1-4H2,5-6H3. The maximum atomic E-state index is 5.60. The Morgan fingerprint density at radius 2 is 1.00 bits per heavy atom. The number of ether oxygens (including phenoxy) is 4. The van der Waals surface area contributed by atoms with Crippen LogP contribution in [0.4, 0.5) is 0 Å². The van der Waals surface area contributed by atoms with Gasteiger partial charge in [0.25, 0.3) is 0 Å². The van der Waals surface area contributed by atoms with Crippen LogP contribution in [0, 0.1) is 0 Å². The Kier molecular flexibility index (Phi) is 9.14. The van der Waals surface area contributed by atoms with Crippen molar-refractivity contribution in [3.63, 3.8) is 0 Å². The maximum absolute atomic E-state index is 5.60. The van der Waals surface area contributed by atoms with E-state index in [0.29, 0.717) is 0 Å². The smallest absolute Gasteiger partial charge is 0.177 e. The van der Waals surface area contributed by atoms with Crippen LogP contribution in [0.15, 0.2) is 50.6 Å². The van der Waals surface area contributed by atoms with Crippen molar-refractivity contribution in [3.8, 4) is 0 Å². The molecule has 0 amide bonds. The molecule has 0 heterocycles. The van der Waals surface area contributed by atoms with Crippen molar-refractivity contribution in [1.29, 1.82) is 0 Å². The van der Waals surface area contributed by atoms with Crippen molar-refractivity contribution in [2.75, 3.05) is 14.2 Å². The lowest BCUT2D eigenvalue weighted by Gasteiger charge is -2.27. The van der Waals surface area contributed by atoms with Gasteiger partial charge in [-0.05, 0) is 12.2 Å². The fourth-order valence-electron chi connectivity index (χ4n) is 1.26. The van der Waals surface area contributed by atoms with Gasteiger partial charge in [-0.1, -0.05) is 25.3 Å². The summed E-state index contributed by atoms with van der Waals surface area (Å²) < 4.78 is 21.3. The molecule has 4 heteroatoms. The van der Waals surface area contributed by atoms with Crippen molar-refractivity contribution in [2.24, 2.45) is 0 Å². The van der Waals surface area contributed by atoms with Gasteiger partial charge in [-0.3, -0.25) is 0 Å². The second-order valence-electron chi connectivity index (χ2n) is 3.35. The molecule has 0 aromatic rings. The number of methoxy groups -OCH3 is 2. The molecule has 4 nitrogen and oxygen atoms in total. The van der Waals surface area contributed by atoms with Crippen LogP contribution in [-0.4, -0.2) is 39.0 Å². The molecule has 4 unspecified atom stereocenters. The van der Waals surface area contributed by atoms with Crippen LogP contribution in [0.3, 0.4) is 0 Å². The third-order valence-electron chi connectivity index (χ3n) is 2.22. The summed E-state index contributed by atoms with van der Waals surface area (Å²) in [7, 11) is 3.05. The first kappa shape index (κ1) is 16.8. The van der Waals surface area contributed by atoms with E-state index in [1.807, 2.05) is 0 Å². The van der Waals surface area contributed by atoms with Crippen LogP contribution in [-0.2, 0) is 18.9 Å². The highest BCUT2D eigenvalue weighted by atomic mass is 16.7. The predicted molar refractivity (Wildman–Crippen MR) is 72.1 cm³/mol. The van der Waals surface area contributed by atoms with Crippen LogP contribution in [0.1, 0.15) is 0 Å². The summed E-state index contributed by atoms with van der Waals surface area (Å²) in [6, 6.07) is 0. The zero-order valence-corrected chi connectivity index (χ0v) is 11.1. The molecule has 0 saturated carbocycles. The van der Waals surface area contributed by atoms with Crippen LogP contribution >= 0.6 is 0 Å². The van der Waals surface area contributed by atoms with Crippen LogP contribution < -0.4 is 0 Å². The molecule has 0 aliphatic rings. The molecule has 18 heavy (non-hydrogen) atoms. The average molecular weight is 254 g/mol. The minimum atomic E-state index is -0.538. The SMILES string of the molecule is C=CC(OC)OC(C=C)C(C=C)OC(C=C)OC. The van der Waals surface area contributed by atoms with E-state index in [2.05, 4.69) is 26.3 Å². The first-order valence-electron chi connectivity index (χ1n) is 5.53. The van der Waals surface area contributed by atoms with Crippen molar-refractivity contribution in [2.45, 2.75) is 24.8 Å². The number of hydrogen-bond acceptors (Lipinski definition) is 4. The molecule has 102 valence electrons. The zero-order chi connectivity index (χ0) is 14.0. The van der Waals surface area contributed by atoms with Crippen molar-refractivity contribution in [1.82, 2.24) is 0 Å². The largest absolute Gasteiger partial charge is 0.352 e. The molecule has 0 fully saturated rings. The second-order valence-corrected chi connectivity index (χ2v) is 3.35. The second kappa shape index (κ2) is 9.79. The lowest BCUT2D eigenvalue weighted by atomic mass is 10.2. The van der Waals surface area contributed by atoms with E-state index < -0.39 is 24.8 Å².